The molecule has 1 aromatic carbocycles. The molecular weight excluding hydrogens is 353 g/mol. The van der Waals surface area contributed by atoms with Crippen LogP contribution in [0.2, 0.25) is 5.02 Å². The van der Waals surface area contributed by atoms with E-state index >= 15 is 0 Å². The van der Waals surface area contributed by atoms with Crippen molar-refractivity contribution in [2.75, 3.05) is 13.3 Å². The Labute approximate surface area is 154 Å². The van der Waals surface area contributed by atoms with Gasteiger partial charge >= 0.3 is 5.69 Å². The quantitative estimate of drug-likeness (QED) is 0.743. The Hall–Kier alpha value is -1.51. The number of aryl methyl sites for hydroxylation is 2. The fourth-order valence-corrected chi connectivity index (χ4v) is 3.73. The highest BCUT2D eigenvalue weighted by molar-refractivity contribution is 7.76. The summed E-state index contributed by atoms with van der Waals surface area (Å²) < 4.78 is 3.33. The van der Waals surface area contributed by atoms with E-state index in [2.05, 4.69) is 37.7 Å². The SMILES string of the molecule is C=P(C)(C)C(C)=Cc1cc(-n2nc3n(c2=O)CCCC3)c(C)cc1Cl. The molecule has 134 valence electrons. The molecule has 2 heterocycles. The molecule has 1 aromatic heterocycles. The van der Waals surface area contributed by atoms with Gasteiger partial charge in [0.25, 0.3) is 0 Å². The Morgan fingerprint density at radius 2 is 2.08 bits per heavy atom. The predicted octanol–water partition coefficient (Wildman–Crippen LogP) is 4.40. The second-order valence-corrected chi connectivity index (χ2v) is 11.8. The van der Waals surface area contributed by atoms with Gasteiger partial charge in [0.1, 0.15) is 5.82 Å². The number of hydrogen-bond donors (Lipinski definition) is 0. The third-order valence-corrected chi connectivity index (χ3v) is 7.20. The molecule has 1 aliphatic rings. The van der Waals surface area contributed by atoms with Gasteiger partial charge in [-0.3, -0.25) is 4.57 Å². The smallest absolute Gasteiger partial charge is 0.279 e. The van der Waals surface area contributed by atoms with Crippen LogP contribution in [0.1, 0.15) is 36.7 Å². The van der Waals surface area contributed by atoms with E-state index in [1.165, 1.54) is 10.00 Å². The van der Waals surface area contributed by atoms with Gasteiger partial charge in [0.05, 0.1) is 5.69 Å². The van der Waals surface area contributed by atoms with Gasteiger partial charge < -0.3 is 0 Å². The molecule has 0 radical (unpaired) electrons. The molecule has 2 aromatic rings. The molecule has 0 fully saturated rings. The van der Waals surface area contributed by atoms with Crippen molar-refractivity contribution in [1.82, 2.24) is 14.3 Å². The Balaban J connectivity index is 2.16. The van der Waals surface area contributed by atoms with Gasteiger partial charge in [-0.1, -0.05) is 30.9 Å². The maximum absolute atomic E-state index is 12.8. The lowest BCUT2D eigenvalue weighted by atomic mass is 10.1. The lowest BCUT2D eigenvalue weighted by molar-refractivity contribution is 0.512. The van der Waals surface area contributed by atoms with Gasteiger partial charge in [0.2, 0.25) is 0 Å². The Morgan fingerprint density at radius 3 is 2.72 bits per heavy atom. The highest BCUT2D eigenvalue weighted by Crippen LogP contribution is 2.46. The van der Waals surface area contributed by atoms with Crippen LogP contribution in [-0.2, 0) is 13.0 Å². The predicted molar refractivity (Wildman–Crippen MR) is 110 cm³/mol. The zero-order valence-electron chi connectivity index (χ0n) is 15.3. The molecule has 0 spiro atoms. The molecule has 0 atom stereocenters. The van der Waals surface area contributed by atoms with E-state index in [4.69, 9.17) is 11.6 Å². The summed E-state index contributed by atoms with van der Waals surface area (Å²) in [7, 11) is 0. The summed E-state index contributed by atoms with van der Waals surface area (Å²) in [6.07, 6.45) is 9.36. The highest BCUT2D eigenvalue weighted by atomic mass is 35.5. The molecule has 0 N–H and O–H groups in total. The summed E-state index contributed by atoms with van der Waals surface area (Å²) in [4.78, 5) is 12.8. The van der Waals surface area contributed by atoms with Crippen LogP contribution in [0.3, 0.4) is 0 Å². The van der Waals surface area contributed by atoms with Gasteiger partial charge in [0.15, 0.2) is 0 Å². The lowest BCUT2D eigenvalue weighted by Gasteiger charge is -2.15. The fourth-order valence-electron chi connectivity index (χ4n) is 2.97. The Kier molecular flexibility index (Phi) is 4.87. The van der Waals surface area contributed by atoms with Crippen LogP contribution in [-0.4, -0.2) is 34.0 Å². The first-order chi connectivity index (χ1) is 11.7. The molecule has 0 aliphatic carbocycles. The summed E-state index contributed by atoms with van der Waals surface area (Å²) in [5.74, 6) is 0.878. The molecule has 0 unspecified atom stereocenters. The van der Waals surface area contributed by atoms with Crippen molar-refractivity contribution in [2.24, 2.45) is 0 Å². The maximum Gasteiger partial charge on any atom is 0.350 e. The molecule has 3 rings (SSSR count). The van der Waals surface area contributed by atoms with E-state index in [0.717, 1.165) is 48.4 Å². The van der Waals surface area contributed by atoms with Crippen LogP contribution in [0, 0.1) is 6.92 Å². The molecule has 25 heavy (non-hydrogen) atoms. The average molecular weight is 378 g/mol. The first kappa shape index (κ1) is 18.3. The summed E-state index contributed by atoms with van der Waals surface area (Å²) in [5.41, 5.74) is 2.60. The van der Waals surface area contributed by atoms with Crippen LogP contribution >= 0.6 is 18.5 Å². The number of allylic oxidation sites excluding steroid dienone is 1. The van der Waals surface area contributed by atoms with Crippen molar-refractivity contribution in [3.63, 3.8) is 0 Å². The average Bonchev–Trinajstić information content (AvgIpc) is 2.86. The van der Waals surface area contributed by atoms with Crippen LogP contribution in [0.5, 0.6) is 0 Å². The van der Waals surface area contributed by atoms with Crippen molar-refractivity contribution in [2.45, 2.75) is 39.7 Å². The topological polar surface area (TPSA) is 39.8 Å². The summed E-state index contributed by atoms with van der Waals surface area (Å²) >= 11 is 6.46. The second kappa shape index (κ2) is 6.66. The van der Waals surface area contributed by atoms with Crippen LogP contribution < -0.4 is 5.69 Å². The summed E-state index contributed by atoms with van der Waals surface area (Å²) in [6.45, 7) is 7.83. The largest absolute Gasteiger partial charge is 0.350 e. The minimum atomic E-state index is -1.34. The van der Waals surface area contributed by atoms with E-state index in [9.17, 15) is 4.79 Å². The molecule has 1 aliphatic heterocycles. The molecule has 0 bridgehead atoms. The van der Waals surface area contributed by atoms with Crippen molar-refractivity contribution < 1.29 is 0 Å². The first-order valence-electron chi connectivity index (χ1n) is 8.55. The molecule has 0 saturated carbocycles. The fraction of sp³-hybridized carbons (Fsp3) is 0.421. The summed E-state index contributed by atoms with van der Waals surface area (Å²) in [6, 6.07) is 3.88. The Bertz CT molecular complexity index is 962. The van der Waals surface area contributed by atoms with Gasteiger partial charge in [-0.15, -0.1) is 5.10 Å². The molecule has 0 saturated heterocycles. The van der Waals surface area contributed by atoms with Crippen LogP contribution in [0.25, 0.3) is 11.8 Å². The summed E-state index contributed by atoms with van der Waals surface area (Å²) in [5, 5.41) is 6.50. The zero-order chi connectivity index (χ0) is 18.4. The van der Waals surface area contributed by atoms with Crippen LogP contribution in [0.4, 0.5) is 0 Å². The molecule has 0 amide bonds. The zero-order valence-corrected chi connectivity index (χ0v) is 17.0. The number of hydrogen-bond acceptors (Lipinski definition) is 2. The van der Waals surface area contributed by atoms with E-state index < -0.39 is 6.89 Å². The first-order valence-corrected chi connectivity index (χ1v) is 11.8. The molecule has 4 nitrogen and oxygen atoms in total. The maximum atomic E-state index is 12.8. The van der Waals surface area contributed by atoms with E-state index in [-0.39, 0.29) is 5.69 Å². The Morgan fingerprint density at radius 1 is 1.36 bits per heavy atom. The van der Waals surface area contributed by atoms with Crippen molar-refractivity contribution >= 4 is 30.9 Å². The standard InChI is InChI=1S/C19H25ClN3OP/c1-13-10-16(20)15(11-14(2)25(3,4)5)12-17(13)23-19(24)22-9-7-6-8-18(22)21-23/h10-12H,3,6-9H2,1-2,4-5H3. The minimum Gasteiger partial charge on any atom is -0.279 e. The van der Waals surface area contributed by atoms with Crippen LogP contribution in [0.15, 0.2) is 22.2 Å². The lowest BCUT2D eigenvalue weighted by Crippen LogP contribution is -2.26. The number of rotatable bonds is 3. The van der Waals surface area contributed by atoms with E-state index in [0.29, 0.717) is 5.02 Å². The minimum absolute atomic E-state index is 0.0586. The number of aromatic nitrogens is 3. The monoisotopic (exact) mass is 377 g/mol. The van der Waals surface area contributed by atoms with Crippen molar-refractivity contribution in [3.05, 3.63) is 49.9 Å². The van der Waals surface area contributed by atoms with Gasteiger partial charge in [0, 0.05) is 18.0 Å². The molecular formula is C19H25ClN3OP. The van der Waals surface area contributed by atoms with Gasteiger partial charge in [-0.05, 0) is 68.6 Å². The van der Waals surface area contributed by atoms with Crippen molar-refractivity contribution in [1.29, 1.82) is 0 Å². The number of benzene rings is 1. The number of halogens is 1. The van der Waals surface area contributed by atoms with E-state index in [1.54, 1.807) is 4.57 Å². The van der Waals surface area contributed by atoms with E-state index in [1.807, 2.05) is 19.1 Å². The molecule has 6 heteroatoms. The third kappa shape index (κ3) is 3.56. The highest BCUT2D eigenvalue weighted by Gasteiger charge is 2.19. The van der Waals surface area contributed by atoms with Crippen molar-refractivity contribution in [3.8, 4) is 5.69 Å². The number of fused-ring (bicyclic) bond motifs is 1. The van der Waals surface area contributed by atoms with Gasteiger partial charge in [-0.25, -0.2) is 4.79 Å². The number of nitrogens with zero attached hydrogens (tertiary/aromatic N) is 3. The second-order valence-electron chi connectivity index (χ2n) is 7.35. The third-order valence-electron chi connectivity index (χ3n) is 4.83. The van der Waals surface area contributed by atoms with Gasteiger partial charge in [-0.2, -0.15) is 4.68 Å². The normalized spacial score (nSPS) is 15.3.